The van der Waals surface area contributed by atoms with Crippen molar-refractivity contribution >= 4 is 11.6 Å². The first-order valence-electron chi connectivity index (χ1n) is 9.09. The summed E-state index contributed by atoms with van der Waals surface area (Å²) in [6.45, 7) is 4.53. The van der Waals surface area contributed by atoms with E-state index in [0.29, 0.717) is 42.8 Å². The zero-order chi connectivity index (χ0) is 15.7. The highest BCUT2D eigenvalue weighted by molar-refractivity contribution is 5.90. The summed E-state index contributed by atoms with van der Waals surface area (Å²) in [7, 11) is 0. The summed E-state index contributed by atoms with van der Waals surface area (Å²) < 4.78 is 0. The molecule has 0 aromatic heterocycles. The lowest BCUT2D eigenvalue weighted by atomic mass is 9.45. The Bertz CT molecular complexity index is 527. The molecular formula is C19H28O3. The van der Waals surface area contributed by atoms with Crippen LogP contribution in [0.25, 0.3) is 0 Å². The number of aliphatic hydroxyl groups excluding tert-OH is 1. The highest BCUT2D eigenvalue weighted by Crippen LogP contribution is 2.65. The van der Waals surface area contributed by atoms with E-state index in [-0.39, 0.29) is 28.6 Å². The molecule has 0 aromatic rings. The average Bonchev–Trinajstić information content (AvgIpc) is 2.77. The summed E-state index contributed by atoms with van der Waals surface area (Å²) in [6, 6.07) is 0. The Balaban J connectivity index is 1.69. The number of hydrogen-bond acceptors (Lipinski definition) is 3. The summed E-state index contributed by atoms with van der Waals surface area (Å²) in [6.07, 6.45) is 6.71. The number of hydrogen-bond donors (Lipinski definition) is 1. The van der Waals surface area contributed by atoms with Crippen molar-refractivity contribution in [3.63, 3.8) is 0 Å². The number of rotatable bonds is 0. The summed E-state index contributed by atoms with van der Waals surface area (Å²) in [4.78, 5) is 24.7. The summed E-state index contributed by atoms with van der Waals surface area (Å²) in [5.41, 5.74) is 0.0535. The molecule has 0 unspecified atom stereocenters. The predicted octanol–water partition coefficient (Wildman–Crippen LogP) is 3.14. The summed E-state index contributed by atoms with van der Waals surface area (Å²) in [5, 5.41) is 10.4. The minimum atomic E-state index is -0.188. The van der Waals surface area contributed by atoms with Gasteiger partial charge in [0.25, 0.3) is 0 Å². The molecule has 0 spiro atoms. The molecule has 4 aliphatic rings. The molecule has 1 N–H and O–H groups in total. The highest BCUT2D eigenvalue weighted by atomic mass is 16.3. The second-order valence-electron chi connectivity index (χ2n) is 8.99. The number of carbonyl (C=O) groups excluding carboxylic acids is 2. The van der Waals surface area contributed by atoms with Crippen molar-refractivity contribution in [1.29, 1.82) is 0 Å². The van der Waals surface area contributed by atoms with Gasteiger partial charge in [0.1, 0.15) is 11.6 Å². The van der Waals surface area contributed by atoms with Gasteiger partial charge in [-0.05, 0) is 60.7 Å². The van der Waals surface area contributed by atoms with Crippen LogP contribution in [-0.2, 0) is 9.59 Å². The van der Waals surface area contributed by atoms with Gasteiger partial charge in [-0.25, -0.2) is 0 Å². The molecule has 122 valence electrons. The van der Waals surface area contributed by atoms with Gasteiger partial charge in [0, 0.05) is 25.2 Å². The number of carbonyl (C=O) groups is 2. The monoisotopic (exact) mass is 304 g/mol. The van der Waals surface area contributed by atoms with Gasteiger partial charge in [0.15, 0.2) is 0 Å². The van der Waals surface area contributed by atoms with Gasteiger partial charge < -0.3 is 5.11 Å². The standard InChI is InChI=1S/C19H28O3/c1-18-7-5-11(20)9-15(18)16(21)10-12-13-3-4-17(22)19(13,2)8-6-14(12)18/h12-15,17,22H,3-10H2,1-2H3/t12-,13-,14-,15+,17-,18+,19-/m0/s1. The Labute approximate surface area is 132 Å². The van der Waals surface area contributed by atoms with Gasteiger partial charge in [-0.3, -0.25) is 9.59 Å². The lowest BCUT2D eigenvalue weighted by Crippen LogP contribution is -2.57. The number of ketones is 2. The van der Waals surface area contributed by atoms with Gasteiger partial charge in [-0.1, -0.05) is 13.8 Å². The molecule has 0 bridgehead atoms. The summed E-state index contributed by atoms with van der Waals surface area (Å²) in [5.74, 6) is 2.12. The van der Waals surface area contributed by atoms with Crippen molar-refractivity contribution in [2.45, 2.75) is 71.3 Å². The second-order valence-corrected chi connectivity index (χ2v) is 8.99. The van der Waals surface area contributed by atoms with Gasteiger partial charge in [0.05, 0.1) is 6.10 Å². The van der Waals surface area contributed by atoms with Crippen LogP contribution in [0, 0.1) is 34.5 Å². The molecule has 4 aliphatic carbocycles. The molecule has 0 amide bonds. The minimum Gasteiger partial charge on any atom is -0.393 e. The lowest BCUT2D eigenvalue weighted by Gasteiger charge is -2.59. The zero-order valence-electron chi connectivity index (χ0n) is 13.8. The van der Waals surface area contributed by atoms with Crippen LogP contribution in [-0.4, -0.2) is 22.8 Å². The van der Waals surface area contributed by atoms with Gasteiger partial charge in [-0.2, -0.15) is 0 Å². The topological polar surface area (TPSA) is 54.4 Å². The van der Waals surface area contributed by atoms with E-state index in [1.165, 1.54) is 0 Å². The Morgan fingerprint density at radius 1 is 0.955 bits per heavy atom. The molecule has 7 atom stereocenters. The van der Waals surface area contributed by atoms with Gasteiger partial charge in [-0.15, -0.1) is 0 Å². The van der Waals surface area contributed by atoms with Crippen molar-refractivity contribution in [1.82, 2.24) is 0 Å². The largest absolute Gasteiger partial charge is 0.393 e. The molecular weight excluding hydrogens is 276 g/mol. The van der Waals surface area contributed by atoms with Crippen LogP contribution in [0.4, 0.5) is 0 Å². The average molecular weight is 304 g/mol. The van der Waals surface area contributed by atoms with Crippen molar-refractivity contribution < 1.29 is 14.7 Å². The minimum absolute atomic E-state index is 0.0225. The third-order valence-corrected chi connectivity index (χ3v) is 8.23. The number of aliphatic hydroxyl groups is 1. The zero-order valence-corrected chi connectivity index (χ0v) is 13.8. The SMILES string of the molecule is C[C@]12CCC(=O)C[C@@H]1C(=O)C[C@@H]1[C@@H]2CC[C@]2(C)[C@@H](O)CC[C@@H]12. The van der Waals surface area contributed by atoms with E-state index < -0.39 is 0 Å². The van der Waals surface area contributed by atoms with Crippen LogP contribution in [0.3, 0.4) is 0 Å². The fourth-order valence-corrected chi connectivity index (χ4v) is 6.81. The van der Waals surface area contributed by atoms with Crippen molar-refractivity contribution in [2.75, 3.05) is 0 Å². The van der Waals surface area contributed by atoms with E-state index in [4.69, 9.17) is 0 Å². The van der Waals surface area contributed by atoms with Crippen LogP contribution in [0.1, 0.15) is 65.2 Å². The van der Waals surface area contributed by atoms with Crippen LogP contribution in [0.2, 0.25) is 0 Å². The molecule has 3 nitrogen and oxygen atoms in total. The second kappa shape index (κ2) is 4.66. The molecule has 0 radical (unpaired) electrons. The molecule has 22 heavy (non-hydrogen) atoms. The fourth-order valence-electron chi connectivity index (χ4n) is 6.81. The third kappa shape index (κ3) is 1.78. The molecule has 0 aromatic carbocycles. The summed E-state index contributed by atoms with van der Waals surface area (Å²) >= 11 is 0. The molecule has 4 fully saturated rings. The Morgan fingerprint density at radius 2 is 1.68 bits per heavy atom. The number of Topliss-reactive ketones (excluding diaryl/α,β-unsaturated/α-hetero) is 2. The van der Waals surface area contributed by atoms with Gasteiger partial charge in [0.2, 0.25) is 0 Å². The maximum Gasteiger partial charge on any atom is 0.137 e. The Hall–Kier alpha value is -0.700. The normalized spacial score (nSPS) is 54.6. The number of fused-ring (bicyclic) bond motifs is 5. The molecule has 0 saturated heterocycles. The molecule has 4 rings (SSSR count). The lowest BCUT2D eigenvalue weighted by molar-refractivity contribution is -0.160. The predicted molar refractivity (Wildman–Crippen MR) is 83.1 cm³/mol. The van der Waals surface area contributed by atoms with Crippen LogP contribution < -0.4 is 0 Å². The van der Waals surface area contributed by atoms with E-state index in [0.717, 1.165) is 32.1 Å². The van der Waals surface area contributed by atoms with Crippen LogP contribution in [0.5, 0.6) is 0 Å². The van der Waals surface area contributed by atoms with Gasteiger partial charge >= 0.3 is 0 Å². The smallest absolute Gasteiger partial charge is 0.137 e. The first-order chi connectivity index (χ1) is 10.4. The van der Waals surface area contributed by atoms with E-state index in [1.54, 1.807) is 0 Å². The van der Waals surface area contributed by atoms with E-state index in [2.05, 4.69) is 13.8 Å². The Morgan fingerprint density at radius 3 is 2.45 bits per heavy atom. The van der Waals surface area contributed by atoms with E-state index in [9.17, 15) is 14.7 Å². The van der Waals surface area contributed by atoms with Crippen LogP contribution in [0.15, 0.2) is 0 Å². The third-order valence-electron chi connectivity index (χ3n) is 8.23. The van der Waals surface area contributed by atoms with Crippen molar-refractivity contribution in [3.8, 4) is 0 Å². The van der Waals surface area contributed by atoms with Crippen LogP contribution >= 0.6 is 0 Å². The quantitative estimate of drug-likeness (QED) is 0.748. The Kier molecular flexibility index (Phi) is 3.15. The van der Waals surface area contributed by atoms with E-state index in [1.807, 2.05) is 0 Å². The molecule has 4 saturated carbocycles. The fraction of sp³-hybridized carbons (Fsp3) is 0.895. The maximum absolute atomic E-state index is 12.8. The maximum atomic E-state index is 12.8. The molecule has 0 aliphatic heterocycles. The van der Waals surface area contributed by atoms with Crippen molar-refractivity contribution in [2.24, 2.45) is 34.5 Å². The highest BCUT2D eigenvalue weighted by Gasteiger charge is 2.62. The molecule has 0 heterocycles. The van der Waals surface area contributed by atoms with E-state index >= 15 is 0 Å². The first kappa shape index (κ1) is 14.9. The first-order valence-corrected chi connectivity index (χ1v) is 9.09. The molecule has 3 heteroatoms. The van der Waals surface area contributed by atoms with Crippen molar-refractivity contribution in [3.05, 3.63) is 0 Å².